The Kier molecular flexibility index (Phi) is 3.23. The third-order valence-electron chi connectivity index (χ3n) is 3.30. The molecule has 1 heterocycles. The van der Waals surface area contributed by atoms with Crippen LogP contribution in [0, 0.1) is 0 Å². The number of carbonyl (C=O) groups is 1. The Balaban J connectivity index is 2.34. The van der Waals surface area contributed by atoms with Gasteiger partial charge in [0.25, 0.3) is 0 Å². The first-order valence-corrected chi connectivity index (χ1v) is 6.34. The van der Waals surface area contributed by atoms with Gasteiger partial charge in [0.05, 0.1) is 6.54 Å². The Morgan fingerprint density at radius 2 is 1.88 bits per heavy atom. The van der Waals surface area contributed by atoms with Crippen molar-refractivity contribution >= 4 is 11.5 Å². The molecule has 1 fully saturated rings. The molecule has 0 N–H and O–H groups in total. The number of benzene rings is 1. The number of para-hydroxylation sites is 1. The summed E-state index contributed by atoms with van der Waals surface area (Å²) in [6.45, 7) is 8.23. The van der Waals surface area contributed by atoms with Crippen molar-refractivity contribution in [3.05, 3.63) is 29.8 Å². The predicted octanol–water partition coefficient (Wildman–Crippen LogP) is 3.15. The second-order valence-electron chi connectivity index (χ2n) is 5.83. The van der Waals surface area contributed by atoms with Gasteiger partial charge in [-0.1, -0.05) is 39.0 Å². The molecule has 0 unspecified atom stereocenters. The summed E-state index contributed by atoms with van der Waals surface area (Å²) in [4.78, 5) is 13.8. The number of piperidine rings is 1. The smallest absolute Gasteiger partial charge is 0.152 e. The van der Waals surface area contributed by atoms with Crippen LogP contribution in [0.2, 0.25) is 0 Å². The number of rotatable bonds is 1. The second-order valence-corrected chi connectivity index (χ2v) is 5.83. The van der Waals surface area contributed by atoms with Crippen LogP contribution >= 0.6 is 0 Å². The van der Waals surface area contributed by atoms with Crippen LogP contribution in [-0.2, 0) is 10.2 Å². The molecule has 2 rings (SSSR count). The van der Waals surface area contributed by atoms with Gasteiger partial charge in [0.15, 0.2) is 5.78 Å². The molecule has 1 aromatic rings. The summed E-state index contributed by atoms with van der Waals surface area (Å²) in [6.07, 6.45) is 1.73. The Morgan fingerprint density at radius 1 is 1.18 bits per heavy atom. The van der Waals surface area contributed by atoms with E-state index in [4.69, 9.17) is 0 Å². The van der Waals surface area contributed by atoms with Crippen LogP contribution in [0.1, 0.15) is 39.2 Å². The summed E-state index contributed by atoms with van der Waals surface area (Å²) in [7, 11) is 0. The van der Waals surface area contributed by atoms with Crippen LogP contribution in [-0.4, -0.2) is 18.9 Å². The minimum atomic E-state index is 0.122. The summed E-state index contributed by atoms with van der Waals surface area (Å²) in [5.41, 5.74) is 2.68. The van der Waals surface area contributed by atoms with Gasteiger partial charge in [-0.2, -0.15) is 0 Å². The molecule has 2 heteroatoms. The average molecular weight is 231 g/mol. The standard InChI is InChI=1S/C15H21NO/c1-15(2,3)13-8-4-5-9-14(13)16-10-6-7-12(17)11-16/h4-5,8-9H,6-7,10-11H2,1-3H3. The maximum Gasteiger partial charge on any atom is 0.152 e. The molecule has 2 nitrogen and oxygen atoms in total. The molecule has 1 aliphatic rings. The van der Waals surface area contributed by atoms with Crippen molar-refractivity contribution in [2.75, 3.05) is 18.0 Å². The van der Waals surface area contributed by atoms with E-state index < -0.39 is 0 Å². The average Bonchev–Trinajstić information content (AvgIpc) is 2.28. The van der Waals surface area contributed by atoms with E-state index in [2.05, 4.69) is 49.9 Å². The number of ketones is 1. The molecule has 0 bridgehead atoms. The first-order chi connectivity index (χ1) is 7.98. The molecule has 1 saturated heterocycles. The van der Waals surface area contributed by atoms with E-state index in [0.717, 1.165) is 19.4 Å². The zero-order valence-electron chi connectivity index (χ0n) is 11.0. The Bertz CT molecular complexity index is 417. The molecule has 0 aliphatic carbocycles. The van der Waals surface area contributed by atoms with Crippen molar-refractivity contribution in [1.82, 2.24) is 0 Å². The van der Waals surface area contributed by atoms with Crippen molar-refractivity contribution in [3.8, 4) is 0 Å². The van der Waals surface area contributed by atoms with Gasteiger partial charge >= 0.3 is 0 Å². The van der Waals surface area contributed by atoms with E-state index in [1.165, 1.54) is 11.3 Å². The van der Waals surface area contributed by atoms with Crippen molar-refractivity contribution in [1.29, 1.82) is 0 Å². The van der Waals surface area contributed by atoms with Crippen LogP contribution in [0.3, 0.4) is 0 Å². The summed E-state index contributed by atoms with van der Waals surface area (Å²) in [6, 6.07) is 8.45. The van der Waals surface area contributed by atoms with Gasteiger partial charge in [-0.25, -0.2) is 0 Å². The molecule has 0 aromatic heterocycles. The fourth-order valence-electron chi connectivity index (χ4n) is 2.43. The minimum Gasteiger partial charge on any atom is -0.364 e. The van der Waals surface area contributed by atoms with Gasteiger partial charge < -0.3 is 4.90 Å². The molecule has 0 amide bonds. The van der Waals surface area contributed by atoms with E-state index in [1.54, 1.807) is 0 Å². The molecular weight excluding hydrogens is 210 g/mol. The zero-order valence-corrected chi connectivity index (χ0v) is 11.0. The topological polar surface area (TPSA) is 20.3 Å². The lowest BCUT2D eigenvalue weighted by atomic mass is 9.85. The van der Waals surface area contributed by atoms with Crippen LogP contribution in [0.25, 0.3) is 0 Å². The highest BCUT2D eigenvalue weighted by atomic mass is 16.1. The van der Waals surface area contributed by atoms with Crippen LogP contribution in [0.5, 0.6) is 0 Å². The Labute approximate surface area is 104 Å². The van der Waals surface area contributed by atoms with Gasteiger partial charge in [0, 0.05) is 18.7 Å². The van der Waals surface area contributed by atoms with Crippen LogP contribution < -0.4 is 4.90 Å². The molecule has 1 aromatic carbocycles. The lowest BCUT2D eigenvalue weighted by Gasteiger charge is -2.33. The van der Waals surface area contributed by atoms with E-state index in [-0.39, 0.29) is 5.41 Å². The van der Waals surface area contributed by atoms with Crippen molar-refractivity contribution in [2.45, 2.75) is 39.0 Å². The monoisotopic (exact) mass is 231 g/mol. The highest BCUT2D eigenvalue weighted by Gasteiger charge is 2.23. The third kappa shape index (κ3) is 2.68. The van der Waals surface area contributed by atoms with Crippen LogP contribution in [0.4, 0.5) is 5.69 Å². The normalized spacial score (nSPS) is 17.4. The highest BCUT2D eigenvalue weighted by Crippen LogP contribution is 2.32. The van der Waals surface area contributed by atoms with E-state index in [0.29, 0.717) is 12.3 Å². The molecule has 0 saturated carbocycles. The summed E-state index contributed by atoms with van der Waals surface area (Å²) in [5, 5.41) is 0. The lowest BCUT2D eigenvalue weighted by Crippen LogP contribution is -2.37. The van der Waals surface area contributed by atoms with E-state index in [9.17, 15) is 4.79 Å². The maximum atomic E-state index is 11.6. The largest absolute Gasteiger partial charge is 0.364 e. The van der Waals surface area contributed by atoms with Gasteiger partial charge in [-0.3, -0.25) is 4.79 Å². The van der Waals surface area contributed by atoms with Crippen LogP contribution in [0.15, 0.2) is 24.3 Å². The minimum absolute atomic E-state index is 0.122. The molecule has 92 valence electrons. The number of carbonyl (C=O) groups excluding carboxylic acids is 1. The molecular formula is C15H21NO. The van der Waals surface area contributed by atoms with Crippen molar-refractivity contribution in [2.24, 2.45) is 0 Å². The SMILES string of the molecule is CC(C)(C)c1ccccc1N1CCCC(=O)C1. The second kappa shape index (κ2) is 4.52. The quantitative estimate of drug-likeness (QED) is 0.740. The van der Waals surface area contributed by atoms with Gasteiger partial charge in [-0.05, 0) is 23.5 Å². The highest BCUT2D eigenvalue weighted by molar-refractivity contribution is 5.85. The molecule has 0 spiro atoms. The zero-order chi connectivity index (χ0) is 12.5. The summed E-state index contributed by atoms with van der Waals surface area (Å²) < 4.78 is 0. The third-order valence-corrected chi connectivity index (χ3v) is 3.30. The number of hydrogen-bond donors (Lipinski definition) is 0. The van der Waals surface area contributed by atoms with Gasteiger partial charge in [0.1, 0.15) is 0 Å². The lowest BCUT2D eigenvalue weighted by molar-refractivity contribution is -0.118. The predicted molar refractivity (Wildman–Crippen MR) is 71.6 cm³/mol. The maximum absolute atomic E-state index is 11.6. The number of nitrogens with zero attached hydrogens (tertiary/aromatic N) is 1. The molecule has 0 radical (unpaired) electrons. The fourth-order valence-corrected chi connectivity index (χ4v) is 2.43. The Hall–Kier alpha value is -1.31. The summed E-state index contributed by atoms with van der Waals surface area (Å²) >= 11 is 0. The first kappa shape index (κ1) is 12.2. The summed E-state index contributed by atoms with van der Waals surface area (Å²) in [5.74, 6) is 0.361. The van der Waals surface area contributed by atoms with Gasteiger partial charge in [0.2, 0.25) is 0 Å². The Morgan fingerprint density at radius 3 is 2.53 bits per heavy atom. The number of hydrogen-bond acceptors (Lipinski definition) is 2. The fraction of sp³-hybridized carbons (Fsp3) is 0.533. The number of anilines is 1. The van der Waals surface area contributed by atoms with Gasteiger partial charge in [-0.15, -0.1) is 0 Å². The van der Waals surface area contributed by atoms with Crippen molar-refractivity contribution in [3.63, 3.8) is 0 Å². The van der Waals surface area contributed by atoms with Crippen molar-refractivity contribution < 1.29 is 4.79 Å². The first-order valence-electron chi connectivity index (χ1n) is 6.34. The molecule has 1 aliphatic heterocycles. The number of Topliss-reactive ketones (excluding diaryl/α,β-unsaturated/α-hetero) is 1. The van der Waals surface area contributed by atoms with E-state index in [1.807, 2.05) is 0 Å². The molecule has 0 atom stereocenters. The van der Waals surface area contributed by atoms with E-state index >= 15 is 0 Å². The molecule has 17 heavy (non-hydrogen) atoms.